The fourth-order valence-electron chi connectivity index (χ4n) is 4.08. The van der Waals surface area contributed by atoms with Gasteiger partial charge in [-0.25, -0.2) is 9.37 Å². The molecular formula is C25H22FN3O4S2. The molecule has 0 spiro atoms. The topological polar surface area (TPSA) is 95.7 Å². The highest BCUT2D eigenvalue weighted by atomic mass is 32.2. The number of hydrogen-bond acceptors (Lipinski definition) is 7. The molecule has 5 rings (SSSR count). The lowest BCUT2D eigenvalue weighted by Gasteiger charge is -2.24. The predicted octanol–water partition coefficient (Wildman–Crippen LogP) is 4.44. The second kappa shape index (κ2) is 9.80. The number of thiazole rings is 1. The average Bonchev–Trinajstić information content (AvgIpc) is 3.60. The molecule has 2 aromatic carbocycles. The van der Waals surface area contributed by atoms with Crippen molar-refractivity contribution in [1.29, 1.82) is 0 Å². The average molecular weight is 512 g/mol. The van der Waals surface area contributed by atoms with Crippen LogP contribution in [0.25, 0.3) is 21.4 Å². The van der Waals surface area contributed by atoms with E-state index >= 15 is 0 Å². The first-order chi connectivity index (χ1) is 16.9. The molecule has 0 unspecified atom stereocenters. The van der Waals surface area contributed by atoms with Gasteiger partial charge in [-0.3, -0.25) is 9.59 Å². The van der Waals surface area contributed by atoms with Crippen LogP contribution in [0.2, 0.25) is 0 Å². The Balaban J connectivity index is 1.33. The molecule has 2 N–H and O–H groups in total. The van der Waals surface area contributed by atoms with Gasteiger partial charge in [0.1, 0.15) is 29.5 Å². The van der Waals surface area contributed by atoms with Gasteiger partial charge in [0.2, 0.25) is 0 Å². The molecule has 180 valence electrons. The van der Waals surface area contributed by atoms with Crippen molar-refractivity contribution in [2.75, 3.05) is 18.2 Å². The van der Waals surface area contributed by atoms with Crippen molar-refractivity contribution in [3.8, 4) is 10.4 Å². The van der Waals surface area contributed by atoms with Crippen LogP contribution in [0.5, 0.6) is 0 Å². The summed E-state index contributed by atoms with van der Waals surface area (Å²) < 4.78 is 18.9. The maximum Gasteiger partial charge on any atom is 0.275 e. The largest absolute Gasteiger partial charge is 0.459 e. The molecule has 3 heterocycles. The summed E-state index contributed by atoms with van der Waals surface area (Å²) in [5, 5.41) is 13.7. The molecule has 2 amide bonds. The Morgan fingerprint density at radius 1 is 1.26 bits per heavy atom. The lowest BCUT2D eigenvalue weighted by Crippen LogP contribution is -2.44. The Morgan fingerprint density at radius 3 is 2.83 bits per heavy atom. The Hall–Kier alpha value is -3.21. The molecular weight excluding hydrogens is 489 g/mol. The smallest absolute Gasteiger partial charge is 0.275 e. The van der Waals surface area contributed by atoms with Crippen LogP contribution in [0.3, 0.4) is 0 Å². The number of carbonyl (C=O) groups excluding carboxylic acids is 2. The van der Waals surface area contributed by atoms with E-state index in [2.05, 4.69) is 10.3 Å². The first-order valence-corrected chi connectivity index (χ1v) is 12.9. The number of fused-ring (bicyclic) bond motifs is 1. The summed E-state index contributed by atoms with van der Waals surface area (Å²) in [5.74, 6) is 0.749. The van der Waals surface area contributed by atoms with Crippen molar-refractivity contribution in [3.05, 3.63) is 76.4 Å². The fourth-order valence-corrected chi connectivity index (χ4v) is 6.19. The van der Waals surface area contributed by atoms with E-state index in [-0.39, 0.29) is 36.8 Å². The molecule has 7 nitrogen and oxygen atoms in total. The van der Waals surface area contributed by atoms with E-state index in [4.69, 9.17) is 4.42 Å². The third kappa shape index (κ3) is 4.69. The van der Waals surface area contributed by atoms with Gasteiger partial charge in [-0.1, -0.05) is 18.2 Å². The molecule has 0 aliphatic carbocycles. The molecule has 10 heteroatoms. The highest BCUT2D eigenvalue weighted by molar-refractivity contribution is 7.99. The van der Waals surface area contributed by atoms with Crippen LogP contribution < -0.4 is 5.32 Å². The van der Waals surface area contributed by atoms with Crippen molar-refractivity contribution < 1.29 is 23.5 Å². The van der Waals surface area contributed by atoms with Gasteiger partial charge in [-0.15, -0.1) is 23.1 Å². The lowest BCUT2D eigenvalue weighted by atomic mass is 10.1. The second-order valence-corrected chi connectivity index (χ2v) is 10.3. The Morgan fingerprint density at radius 2 is 2.06 bits per heavy atom. The molecule has 1 aliphatic heterocycles. The van der Waals surface area contributed by atoms with Crippen LogP contribution in [0.4, 0.5) is 4.39 Å². The van der Waals surface area contributed by atoms with Crippen LogP contribution in [-0.4, -0.2) is 51.0 Å². The number of halogens is 1. The summed E-state index contributed by atoms with van der Waals surface area (Å²) in [6.45, 7) is 1.87. The van der Waals surface area contributed by atoms with Gasteiger partial charge in [-0.05, 0) is 42.8 Å². The monoisotopic (exact) mass is 511 g/mol. The highest BCUT2D eigenvalue weighted by Crippen LogP contribution is 2.33. The summed E-state index contributed by atoms with van der Waals surface area (Å²) in [7, 11) is 0. The number of furan rings is 1. The summed E-state index contributed by atoms with van der Waals surface area (Å²) >= 11 is 3.01. The molecule has 0 bridgehead atoms. The third-order valence-corrected chi connectivity index (χ3v) is 7.90. The van der Waals surface area contributed by atoms with Crippen molar-refractivity contribution in [2.45, 2.75) is 19.6 Å². The number of aliphatic hydroxyl groups is 1. The normalized spacial score (nSPS) is 15.6. The van der Waals surface area contributed by atoms with E-state index in [0.29, 0.717) is 44.5 Å². The molecule has 1 aliphatic rings. The van der Waals surface area contributed by atoms with Gasteiger partial charge in [0.25, 0.3) is 11.8 Å². The van der Waals surface area contributed by atoms with Gasteiger partial charge in [0.15, 0.2) is 0 Å². The maximum atomic E-state index is 13.5. The minimum absolute atomic E-state index is 0.198. The number of thioether (sulfide) groups is 1. The Bertz CT molecular complexity index is 1400. The minimum atomic E-state index is -0.340. The highest BCUT2D eigenvalue weighted by Gasteiger charge is 2.33. The number of rotatable bonds is 6. The van der Waals surface area contributed by atoms with Gasteiger partial charge < -0.3 is 19.7 Å². The van der Waals surface area contributed by atoms with Crippen LogP contribution in [0.15, 0.2) is 52.9 Å². The van der Waals surface area contributed by atoms with Gasteiger partial charge in [0.05, 0.1) is 27.4 Å². The first-order valence-electron chi connectivity index (χ1n) is 11.0. The number of nitrogens with one attached hydrogen (secondary N) is 1. The first kappa shape index (κ1) is 23.5. The molecule has 0 saturated carbocycles. The van der Waals surface area contributed by atoms with Crippen LogP contribution in [0, 0.1) is 12.7 Å². The minimum Gasteiger partial charge on any atom is -0.459 e. The molecule has 4 aromatic rings. The second-order valence-electron chi connectivity index (χ2n) is 8.14. The van der Waals surface area contributed by atoms with Crippen molar-refractivity contribution in [1.82, 2.24) is 15.2 Å². The number of benzene rings is 2. The zero-order chi connectivity index (χ0) is 24.5. The van der Waals surface area contributed by atoms with Gasteiger partial charge in [0, 0.05) is 17.7 Å². The third-order valence-electron chi connectivity index (χ3n) is 5.80. The van der Waals surface area contributed by atoms with Crippen LogP contribution in [-0.2, 0) is 6.61 Å². The SMILES string of the molecule is Cc1nc(C(=O)N2CSC[C@H]2CNC(=O)c2cccc3oc(CO)cc23)c(-c2ccc(F)cc2)s1. The maximum absolute atomic E-state index is 13.5. The number of aromatic nitrogens is 1. The molecule has 1 atom stereocenters. The molecule has 2 aromatic heterocycles. The van der Waals surface area contributed by atoms with Crippen molar-refractivity contribution in [3.63, 3.8) is 0 Å². The number of aryl methyl sites for hydroxylation is 1. The zero-order valence-electron chi connectivity index (χ0n) is 18.8. The Kier molecular flexibility index (Phi) is 6.59. The number of amides is 2. The Labute approximate surface area is 209 Å². The molecule has 0 radical (unpaired) electrons. The number of nitrogens with zero attached hydrogens (tertiary/aromatic N) is 2. The lowest BCUT2D eigenvalue weighted by molar-refractivity contribution is 0.0732. The standard InChI is InChI=1S/C25H22FN3O4S2/c1-14-28-22(23(35-14)15-5-7-16(26)8-6-15)25(32)29-13-34-12-17(29)10-27-24(31)19-3-2-4-21-20(19)9-18(11-30)33-21/h2-9,17,30H,10-13H2,1H3,(H,27,31)/t17-/m1/s1. The summed E-state index contributed by atoms with van der Waals surface area (Å²) in [5.41, 5.74) is 2.07. The quantitative estimate of drug-likeness (QED) is 0.397. The molecule has 1 saturated heterocycles. The number of hydrogen-bond donors (Lipinski definition) is 2. The number of aliphatic hydroxyl groups excluding tert-OH is 1. The fraction of sp³-hybridized carbons (Fsp3) is 0.240. The van der Waals surface area contributed by atoms with E-state index in [1.54, 1.807) is 53.1 Å². The van der Waals surface area contributed by atoms with Crippen LogP contribution in [0.1, 0.15) is 31.6 Å². The van der Waals surface area contributed by atoms with Crippen LogP contribution >= 0.6 is 23.1 Å². The van der Waals surface area contributed by atoms with Crippen molar-refractivity contribution in [2.24, 2.45) is 0 Å². The molecule has 1 fully saturated rings. The van der Waals surface area contributed by atoms with E-state index < -0.39 is 0 Å². The summed E-state index contributed by atoms with van der Waals surface area (Å²) in [4.78, 5) is 33.4. The van der Waals surface area contributed by atoms with E-state index in [1.807, 2.05) is 6.92 Å². The van der Waals surface area contributed by atoms with E-state index in [1.165, 1.54) is 23.5 Å². The predicted molar refractivity (Wildman–Crippen MR) is 134 cm³/mol. The van der Waals surface area contributed by atoms with Crippen molar-refractivity contribution >= 4 is 45.9 Å². The zero-order valence-corrected chi connectivity index (χ0v) is 20.4. The number of carbonyl (C=O) groups is 2. The summed E-state index contributed by atoms with van der Waals surface area (Å²) in [6, 6.07) is 12.7. The van der Waals surface area contributed by atoms with E-state index in [0.717, 1.165) is 10.6 Å². The van der Waals surface area contributed by atoms with Gasteiger partial charge >= 0.3 is 0 Å². The summed E-state index contributed by atoms with van der Waals surface area (Å²) in [6.07, 6.45) is 0. The van der Waals surface area contributed by atoms with Gasteiger partial charge in [-0.2, -0.15) is 0 Å². The molecule has 35 heavy (non-hydrogen) atoms. The van der Waals surface area contributed by atoms with E-state index in [9.17, 15) is 19.1 Å².